The highest BCUT2D eigenvalue weighted by molar-refractivity contribution is 5.85. The van der Waals surface area contributed by atoms with E-state index in [0.717, 1.165) is 38.0 Å². The van der Waals surface area contributed by atoms with Crippen LogP contribution in [0.5, 0.6) is 0 Å². The van der Waals surface area contributed by atoms with Gasteiger partial charge in [-0.05, 0) is 11.8 Å². The van der Waals surface area contributed by atoms with Gasteiger partial charge in [0.05, 0.1) is 5.92 Å². The van der Waals surface area contributed by atoms with Crippen LogP contribution in [0.2, 0.25) is 0 Å². The van der Waals surface area contributed by atoms with Crippen molar-refractivity contribution in [1.29, 1.82) is 0 Å². The average Bonchev–Trinajstić information content (AvgIpc) is 2.50. The average molecular weight is 218 g/mol. The molecule has 4 nitrogen and oxygen atoms in total. The summed E-state index contributed by atoms with van der Waals surface area (Å²) in [5, 5.41) is 9.57. The lowest BCUT2D eigenvalue weighted by atomic mass is 10.0. The van der Waals surface area contributed by atoms with E-state index in [4.69, 9.17) is 0 Å². The molecule has 2 aliphatic heterocycles. The van der Waals surface area contributed by atoms with Crippen molar-refractivity contribution in [2.45, 2.75) is 6.04 Å². The summed E-state index contributed by atoms with van der Waals surface area (Å²) in [6.45, 7) is 3.93. The van der Waals surface area contributed by atoms with Gasteiger partial charge in [0.2, 0.25) is 5.91 Å². The number of halogens is 1. The highest BCUT2D eigenvalue weighted by atomic mass is 35.5. The smallest absolute Gasteiger partial charge is 0.225 e. The maximum Gasteiger partial charge on any atom is 0.225 e. The number of piperidine rings is 1. The maximum absolute atomic E-state index is 11.5. The molecule has 2 saturated heterocycles. The third kappa shape index (κ3) is 1.51. The second-order valence-corrected chi connectivity index (χ2v) is 4.38. The molecule has 3 fully saturated rings. The lowest BCUT2D eigenvalue weighted by molar-refractivity contribution is -0.126. The van der Waals surface area contributed by atoms with Gasteiger partial charge in [0, 0.05) is 32.2 Å². The Hall–Kier alpha value is -0.320. The minimum absolute atomic E-state index is 0. The monoisotopic (exact) mass is 217 g/mol. The van der Waals surface area contributed by atoms with Crippen LogP contribution in [0.15, 0.2) is 0 Å². The minimum Gasteiger partial charge on any atom is -0.352 e. The molecule has 0 aromatic heterocycles. The normalized spacial score (nSPS) is 39.3. The zero-order valence-electron chi connectivity index (χ0n) is 7.95. The summed E-state index contributed by atoms with van der Waals surface area (Å²) in [5.41, 5.74) is 0. The van der Waals surface area contributed by atoms with Gasteiger partial charge >= 0.3 is 0 Å². The largest absolute Gasteiger partial charge is 0.352 e. The van der Waals surface area contributed by atoms with Crippen LogP contribution in [0.25, 0.3) is 0 Å². The molecule has 14 heavy (non-hydrogen) atoms. The Balaban J connectivity index is 0.000000750. The first kappa shape index (κ1) is 10.2. The van der Waals surface area contributed by atoms with E-state index in [1.807, 2.05) is 0 Å². The van der Waals surface area contributed by atoms with Crippen LogP contribution in [-0.4, -0.2) is 38.1 Å². The fourth-order valence-corrected chi connectivity index (χ4v) is 2.39. The molecule has 2 heterocycles. The van der Waals surface area contributed by atoms with Gasteiger partial charge in [-0.1, -0.05) is 0 Å². The number of fused-ring (bicyclic) bond motifs is 1. The van der Waals surface area contributed by atoms with Crippen LogP contribution < -0.4 is 16.0 Å². The first-order valence-corrected chi connectivity index (χ1v) is 5.08. The van der Waals surface area contributed by atoms with Gasteiger partial charge in [0.25, 0.3) is 0 Å². The molecule has 1 amide bonds. The van der Waals surface area contributed by atoms with Gasteiger partial charge in [-0.2, -0.15) is 0 Å². The molecule has 0 aromatic rings. The van der Waals surface area contributed by atoms with Crippen molar-refractivity contribution >= 4 is 18.3 Å². The Morgan fingerprint density at radius 1 is 1.07 bits per heavy atom. The summed E-state index contributed by atoms with van der Waals surface area (Å²) in [6.07, 6.45) is 0. The minimum atomic E-state index is 0. The first-order chi connectivity index (χ1) is 6.36. The Morgan fingerprint density at radius 2 is 1.64 bits per heavy atom. The molecular formula is C9H16ClN3O. The molecule has 1 aliphatic carbocycles. The molecule has 0 spiro atoms. The fraction of sp³-hybridized carbons (Fsp3) is 0.889. The topological polar surface area (TPSA) is 53.2 Å². The van der Waals surface area contributed by atoms with E-state index in [9.17, 15) is 4.79 Å². The van der Waals surface area contributed by atoms with Crippen molar-refractivity contribution in [3.8, 4) is 0 Å². The first-order valence-electron chi connectivity index (χ1n) is 5.08. The van der Waals surface area contributed by atoms with E-state index in [1.54, 1.807) is 0 Å². The number of hydrogen-bond acceptors (Lipinski definition) is 3. The number of nitrogens with one attached hydrogen (secondary N) is 3. The molecule has 80 valence electrons. The van der Waals surface area contributed by atoms with E-state index in [-0.39, 0.29) is 24.2 Å². The molecular weight excluding hydrogens is 202 g/mol. The van der Waals surface area contributed by atoms with Crippen molar-refractivity contribution in [2.24, 2.45) is 17.8 Å². The fourth-order valence-electron chi connectivity index (χ4n) is 2.39. The molecule has 5 heteroatoms. The van der Waals surface area contributed by atoms with E-state index in [1.165, 1.54) is 0 Å². The molecule has 3 N–H and O–H groups in total. The van der Waals surface area contributed by atoms with Crippen molar-refractivity contribution in [1.82, 2.24) is 16.0 Å². The second kappa shape index (κ2) is 3.68. The molecule has 0 aromatic carbocycles. The molecule has 0 radical (unpaired) electrons. The summed E-state index contributed by atoms with van der Waals surface area (Å²) in [5.74, 6) is 1.97. The molecule has 2 atom stereocenters. The molecule has 2 unspecified atom stereocenters. The number of hydrogen-bond donors (Lipinski definition) is 3. The number of carbonyl (C=O) groups is 1. The van der Waals surface area contributed by atoms with Crippen molar-refractivity contribution < 1.29 is 4.79 Å². The van der Waals surface area contributed by atoms with Crippen LogP contribution in [-0.2, 0) is 4.79 Å². The number of amides is 1. The highest BCUT2D eigenvalue weighted by Crippen LogP contribution is 2.41. The Morgan fingerprint density at radius 3 is 2.14 bits per heavy atom. The van der Waals surface area contributed by atoms with E-state index in [2.05, 4.69) is 16.0 Å². The quantitative estimate of drug-likeness (QED) is 0.554. The zero-order valence-corrected chi connectivity index (χ0v) is 8.77. The van der Waals surface area contributed by atoms with Crippen molar-refractivity contribution in [3.05, 3.63) is 0 Å². The molecule has 3 aliphatic rings. The van der Waals surface area contributed by atoms with E-state index in [0.29, 0.717) is 6.04 Å². The second-order valence-electron chi connectivity index (χ2n) is 4.38. The lowest BCUT2D eigenvalue weighted by Gasteiger charge is -2.26. The third-order valence-corrected chi connectivity index (χ3v) is 3.55. The highest BCUT2D eigenvalue weighted by Gasteiger charge is 2.54. The van der Waals surface area contributed by atoms with Gasteiger partial charge in [-0.3, -0.25) is 4.79 Å². The summed E-state index contributed by atoms with van der Waals surface area (Å²) < 4.78 is 0. The van der Waals surface area contributed by atoms with Crippen LogP contribution in [0.1, 0.15) is 0 Å². The number of carbonyl (C=O) groups excluding carboxylic acids is 1. The Bertz CT molecular complexity index is 234. The predicted octanol–water partition coefficient (Wildman–Crippen LogP) is -1.04. The number of rotatable bonds is 2. The molecule has 0 bridgehead atoms. The van der Waals surface area contributed by atoms with Crippen LogP contribution >= 0.6 is 12.4 Å². The van der Waals surface area contributed by atoms with Gasteiger partial charge in [-0.15, -0.1) is 12.4 Å². The van der Waals surface area contributed by atoms with Crippen LogP contribution in [0, 0.1) is 17.8 Å². The Labute approximate surface area is 89.6 Å². The van der Waals surface area contributed by atoms with Crippen molar-refractivity contribution in [3.63, 3.8) is 0 Å². The standard InChI is InChI=1S/C9H15N3O.ClH/c13-9(5-1-10-2-5)12-8-6-3-11-4-7(6)8;/h5-8,10-11H,1-4H2,(H,12,13);1H. The van der Waals surface area contributed by atoms with Crippen molar-refractivity contribution in [2.75, 3.05) is 26.2 Å². The van der Waals surface area contributed by atoms with Gasteiger partial charge in [0.15, 0.2) is 0 Å². The zero-order chi connectivity index (χ0) is 8.84. The summed E-state index contributed by atoms with van der Waals surface area (Å²) in [4.78, 5) is 11.5. The van der Waals surface area contributed by atoms with Crippen LogP contribution in [0.3, 0.4) is 0 Å². The van der Waals surface area contributed by atoms with Crippen LogP contribution in [0.4, 0.5) is 0 Å². The summed E-state index contributed by atoms with van der Waals surface area (Å²) >= 11 is 0. The lowest BCUT2D eigenvalue weighted by Crippen LogP contribution is -2.51. The molecule has 3 rings (SSSR count). The summed E-state index contributed by atoms with van der Waals surface area (Å²) in [6, 6.07) is 0.495. The molecule has 1 saturated carbocycles. The summed E-state index contributed by atoms with van der Waals surface area (Å²) in [7, 11) is 0. The van der Waals surface area contributed by atoms with Gasteiger partial charge in [-0.25, -0.2) is 0 Å². The van der Waals surface area contributed by atoms with Gasteiger partial charge in [0.1, 0.15) is 0 Å². The van der Waals surface area contributed by atoms with Gasteiger partial charge < -0.3 is 16.0 Å². The predicted molar refractivity (Wildman–Crippen MR) is 55.4 cm³/mol. The van der Waals surface area contributed by atoms with E-state index >= 15 is 0 Å². The maximum atomic E-state index is 11.5. The SMILES string of the molecule is Cl.O=C(NC1C2CNCC21)C1CNC1. The van der Waals surface area contributed by atoms with E-state index < -0.39 is 0 Å². The third-order valence-electron chi connectivity index (χ3n) is 3.55. The Kier molecular flexibility index (Phi) is 2.68.